The molecular weight excluding hydrogens is 464 g/mol. The molecular formula is C30H32N4O3. The molecule has 0 spiro atoms. The van der Waals surface area contributed by atoms with E-state index in [4.69, 9.17) is 9.72 Å². The van der Waals surface area contributed by atoms with Crippen molar-refractivity contribution in [2.75, 3.05) is 24.6 Å². The third-order valence-corrected chi connectivity index (χ3v) is 6.81. The molecule has 190 valence electrons. The number of carbonyl (C=O) groups excluding carboxylic acids is 2. The van der Waals surface area contributed by atoms with E-state index in [1.165, 1.54) is 5.56 Å². The molecule has 1 N–H and O–H groups in total. The molecule has 3 aromatic carbocycles. The number of carbonyl (C=O) groups is 2. The van der Waals surface area contributed by atoms with E-state index in [0.29, 0.717) is 19.5 Å². The van der Waals surface area contributed by atoms with Gasteiger partial charge in [0.2, 0.25) is 5.91 Å². The quantitative estimate of drug-likeness (QED) is 0.393. The van der Waals surface area contributed by atoms with Gasteiger partial charge in [0.25, 0.3) is 5.91 Å². The summed E-state index contributed by atoms with van der Waals surface area (Å²) in [6, 6.07) is 21.9. The van der Waals surface area contributed by atoms with Crippen LogP contribution in [0.25, 0.3) is 11.0 Å². The molecule has 7 nitrogen and oxygen atoms in total. The minimum absolute atomic E-state index is 0.0440. The third-order valence-electron chi connectivity index (χ3n) is 6.81. The number of anilines is 1. The number of nitrogens with zero attached hydrogens (tertiary/aromatic N) is 3. The number of nitrogens with one attached hydrogen (secondary N) is 1. The molecule has 0 bridgehead atoms. The predicted octanol–water partition coefficient (Wildman–Crippen LogP) is 4.37. The Labute approximate surface area is 217 Å². The van der Waals surface area contributed by atoms with Crippen LogP contribution in [0.15, 0.2) is 66.7 Å². The summed E-state index contributed by atoms with van der Waals surface area (Å²) in [5.74, 6) is 1.34. The molecule has 7 heteroatoms. The summed E-state index contributed by atoms with van der Waals surface area (Å²) in [4.78, 5) is 32.6. The van der Waals surface area contributed by atoms with Crippen LogP contribution in [0.5, 0.6) is 5.75 Å². The number of hydrogen-bond acceptors (Lipinski definition) is 4. The minimum Gasteiger partial charge on any atom is -0.483 e. The van der Waals surface area contributed by atoms with Gasteiger partial charge in [-0.1, -0.05) is 42.5 Å². The van der Waals surface area contributed by atoms with Crippen LogP contribution in [0.3, 0.4) is 0 Å². The summed E-state index contributed by atoms with van der Waals surface area (Å²) in [5, 5.41) is 2.92. The molecule has 1 aliphatic heterocycles. The van der Waals surface area contributed by atoms with Gasteiger partial charge in [0.1, 0.15) is 18.1 Å². The van der Waals surface area contributed by atoms with Crippen molar-refractivity contribution in [1.82, 2.24) is 14.9 Å². The van der Waals surface area contributed by atoms with Crippen LogP contribution in [-0.4, -0.2) is 41.1 Å². The van der Waals surface area contributed by atoms with Gasteiger partial charge < -0.3 is 19.5 Å². The Morgan fingerprint density at radius 2 is 1.84 bits per heavy atom. The molecule has 0 radical (unpaired) electrons. The zero-order valence-corrected chi connectivity index (χ0v) is 21.4. The molecule has 1 aromatic heterocycles. The standard InChI is InChI=1S/C30H32N4O3/c1-21-13-14-22(2)27(18-21)37-20-29(35)31-16-15-28-32-24-10-4-6-12-26(24)34(28)19-30(36)33-17-7-9-23-8-3-5-11-25(23)33/h3-6,8,10-14,18H,7,9,15-17,19-20H2,1-2H3,(H,31,35). The van der Waals surface area contributed by atoms with Gasteiger partial charge in [0.05, 0.1) is 11.0 Å². The molecule has 5 rings (SSSR count). The van der Waals surface area contributed by atoms with Crippen molar-refractivity contribution in [1.29, 1.82) is 0 Å². The Morgan fingerprint density at radius 1 is 1.03 bits per heavy atom. The van der Waals surface area contributed by atoms with Crippen LogP contribution in [0, 0.1) is 13.8 Å². The first-order valence-corrected chi connectivity index (χ1v) is 12.8. The van der Waals surface area contributed by atoms with Crippen LogP contribution in [0.1, 0.15) is 28.9 Å². The van der Waals surface area contributed by atoms with Gasteiger partial charge in [0.15, 0.2) is 6.61 Å². The number of benzene rings is 3. The van der Waals surface area contributed by atoms with Crippen LogP contribution >= 0.6 is 0 Å². The summed E-state index contributed by atoms with van der Waals surface area (Å²) in [6.07, 6.45) is 2.45. The number of aryl methyl sites for hydroxylation is 3. The number of amides is 2. The molecule has 2 heterocycles. The van der Waals surface area contributed by atoms with Crippen LogP contribution in [-0.2, 0) is 29.0 Å². The van der Waals surface area contributed by atoms with Crippen LogP contribution in [0.4, 0.5) is 5.69 Å². The number of fused-ring (bicyclic) bond motifs is 2. The summed E-state index contributed by atoms with van der Waals surface area (Å²) in [5.41, 5.74) is 6.05. The number of imidazole rings is 1. The monoisotopic (exact) mass is 496 g/mol. The molecule has 0 fully saturated rings. The largest absolute Gasteiger partial charge is 0.483 e. The minimum atomic E-state index is -0.190. The SMILES string of the molecule is Cc1ccc(C)c(OCC(=O)NCCc2nc3ccccc3n2CC(=O)N2CCCc3ccccc32)c1. The average Bonchev–Trinajstić information content (AvgIpc) is 3.25. The highest BCUT2D eigenvalue weighted by molar-refractivity contribution is 5.95. The molecule has 0 saturated heterocycles. The van der Waals surface area contributed by atoms with E-state index in [1.807, 2.05) is 84.0 Å². The van der Waals surface area contributed by atoms with E-state index in [9.17, 15) is 9.59 Å². The maximum atomic E-state index is 13.5. The molecule has 1 aliphatic rings. The Bertz CT molecular complexity index is 1440. The lowest BCUT2D eigenvalue weighted by Crippen LogP contribution is -2.38. The van der Waals surface area contributed by atoms with Crippen molar-refractivity contribution in [2.24, 2.45) is 0 Å². The molecule has 0 atom stereocenters. The van der Waals surface area contributed by atoms with E-state index >= 15 is 0 Å². The van der Waals surface area contributed by atoms with Gasteiger partial charge in [-0.2, -0.15) is 0 Å². The molecule has 0 saturated carbocycles. The van der Waals surface area contributed by atoms with E-state index in [2.05, 4.69) is 11.4 Å². The first-order chi connectivity index (χ1) is 18.0. The molecule has 0 aliphatic carbocycles. The van der Waals surface area contributed by atoms with Crippen molar-refractivity contribution >= 4 is 28.5 Å². The lowest BCUT2D eigenvalue weighted by Gasteiger charge is -2.29. The second-order valence-electron chi connectivity index (χ2n) is 9.54. The normalized spacial score (nSPS) is 12.9. The number of aromatic nitrogens is 2. The van der Waals surface area contributed by atoms with E-state index in [-0.39, 0.29) is 25.0 Å². The molecule has 37 heavy (non-hydrogen) atoms. The fourth-order valence-electron chi connectivity index (χ4n) is 4.88. The smallest absolute Gasteiger partial charge is 0.257 e. The highest BCUT2D eigenvalue weighted by Crippen LogP contribution is 2.27. The van der Waals surface area contributed by atoms with Gasteiger partial charge in [-0.15, -0.1) is 0 Å². The van der Waals surface area contributed by atoms with Gasteiger partial charge in [-0.25, -0.2) is 4.98 Å². The summed E-state index contributed by atoms with van der Waals surface area (Å²) >= 11 is 0. The second-order valence-corrected chi connectivity index (χ2v) is 9.54. The fourth-order valence-corrected chi connectivity index (χ4v) is 4.88. The molecule has 0 unspecified atom stereocenters. The Kier molecular flexibility index (Phi) is 7.21. The first kappa shape index (κ1) is 24.6. The van der Waals surface area contributed by atoms with Crippen molar-refractivity contribution in [2.45, 2.75) is 39.7 Å². The summed E-state index contributed by atoms with van der Waals surface area (Å²) in [7, 11) is 0. The maximum absolute atomic E-state index is 13.5. The topological polar surface area (TPSA) is 76.5 Å². The lowest BCUT2D eigenvalue weighted by molar-refractivity contribution is -0.123. The van der Waals surface area contributed by atoms with Crippen molar-refractivity contribution in [3.05, 3.63) is 89.2 Å². The van der Waals surface area contributed by atoms with Gasteiger partial charge in [-0.3, -0.25) is 9.59 Å². The maximum Gasteiger partial charge on any atom is 0.257 e. The van der Waals surface area contributed by atoms with E-state index in [1.54, 1.807) is 0 Å². The third kappa shape index (κ3) is 5.50. The first-order valence-electron chi connectivity index (χ1n) is 12.8. The Morgan fingerprint density at radius 3 is 2.73 bits per heavy atom. The number of para-hydroxylation sites is 3. The van der Waals surface area contributed by atoms with Crippen molar-refractivity contribution < 1.29 is 14.3 Å². The number of hydrogen-bond donors (Lipinski definition) is 1. The van der Waals surface area contributed by atoms with Gasteiger partial charge in [-0.05, 0) is 67.6 Å². The fraction of sp³-hybridized carbons (Fsp3) is 0.300. The van der Waals surface area contributed by atoms with Crippen molar-refractivity contribution in [3.63, 3.8) is 0 Å². The average molecular weight is 497 g/mol. The number of ether oxygens (including phenoxy) is 1. The van der Waals surface area contributed by atoms with Crippen molar-refractivity contribution in [3.8, 4) is 5.75 Å². The highest BCUT2D eigenvalue weighted by atomic mass is 16.5. The summed E-state index contributed by atoms with van der Waals surface area (Å²) < 4.78 is 7.70. The zero-order valence-electron chi connectivity index (χ0n) is 21.4. The highest BCUT2D eigenvalue weighted by Gasteiger charge is 2.24. The zero-order chi connectivity index (χ0) is 25.8. The van der Waals surface area contributed by atoms with Crippen LogP contribution < -0.4 is 15.0 Å². The van der Waals surface area contributed by atoms with Gasteiger partial charge in [0, 0.05) is 25.2 Å². The lowest BCUT2D eigenvalue weighted by atomic mass is 10.0. The second kappa shape index (κ2) is 10.9. The van der Waals surface area contributed by atoms with E-state index in [0.717, 1.165) is 52.3 Å². The van der Waals surface area contributed by atoms with Gasteiger partial charge >= 0.3 is 0 Å². The molecule has 4 aromatic rings. The Balaban J connectivity index is 1.25. The predicted molar refractivity (Wildman–Crippen MR) is 145 cm³/mol. The van der Waals surface area contributed by atoms with E-state index < -0.39 is 0 Å². The molecule has 2 amide bonds. The number of rotatable bonds is 8. The van der Waals surface area contributed by atoms with Crippen LogP contribution in [0.2, 0.25) is 0 Å². The summed E-state index contributed by atoms with van der Waals surface area (Å²) in [6.45, 7) is 5.23. The Hall–Kier alpha value is -4.13.